The van der Waals surface area contributed by atoms with Crippen LogP contribution >= 0.6 is 24.0 Å². The molecule has 2 N–H and O–H groups in total. The predicted octanol–water partition coefficient (Wildman–Crippen LogP) is 3.14. The highest BCUT2D eigenvalue weighted by Gasteiger charge is 2.21. The molecule has 0 spiro atoms. The van der Waals surface area contributed by atoms with Gasteiger partial charge in [-0.1, -0.05) is 6.07 Å². The van der Waals surface area contributed by atoms with Crippen LogP contribution in [-0.4, -0.2) is 56.8 Å². The summed E-state index contributed by atoms with van der Waals surface area (Å²) < 4.78 is 32.0. The number of piperidine rings is 1. The van der Waals surface area contributed by atoms with Gasteiger partial charge in [-0.15, -0.1) is 24.0 Å². The van der Waals surface area contributed by atoms with Crippen molar-refractivity contribution in [1.82, 2.24) is 15.5 Å². The first-order valence-electron chi connectivity index (χ1n) is 9.85. The molecule has 2 fully saturated rings. The molecule has 5 nitrogen and oxygen atoms in total. The summed E-state index contributed by atoms with van der Waals surface area (Å²) in [6, 6.07) is 4.50. The number of nitrogens with zero attached hydrogens (tertiary/aromatic N) is 2. The van der Waals surface area contributed by atoms with Crippen molar-refractivity contribution in [2.24, 2.45) is 10.9 Å². The number of guanidine groups is 1. The smallest absolute Gasteiger partial charge is 0.191 e. The SMILES string of the molecule is CN=C(NCCOCC1CC1)NC1CCN(Cc2ccc(F)c(F)c2)CC1.I. The Balaban J connectivity index is 0.00000280. The molecule has 1 aliphatic heterocycles. The number of hydrogen-bond donors (Lipinski definition) is 2. The first-order chi connectivity index (χ1) is 13.1. The lowest BCUT2D eigenvalue weighted by Gasteiger charge is -2.33. The van der Waals surface area contributed by atoms with Crippen LogP contribution in [0.1, 0.15) is 31.2 Å². The van der Waals surface area contributed by atoms with E-state index in [0.717, 1.165) is 56.5 Å². The van der Waals surface area contributed by atoms with Gasteiger partial charge in [0, 0.05) is 45.9 Å². The van der Waals surface area contributed by atoms with Crippen molar-refractivity contribution in [2.45, 2.75) is 38.3 Å². The lowest BCUT2D eigenvalue weighted by molar-refractivity contribution is 0.129. The van der Waals surface area contributed by atoms with Crippen LogP contribution in [-0.2, 0) is 11.3 Å². The molecule has 1 heterocycles. The number of aliphatic imine (C=N–C) groups is 1. The van der Waals surface area contributed by atoms with Gasteiger partial charge in [0.1, 0.15) is 0 Å². The fourth-order valence-corrected chi connectivity index (χ4v) is 3.30. The maximum absolute atomic E-state index is 13.3. The molecule has 28 heavy (non-hydrogen) atoms. The maximum atomic E-state index is 13.3. The molecule has 1 aromatic carbocycles. The van der Waals surface area contributed by atoms with Crippen molar-refractivity contribution < 1.29 is 13.5 Å². The van der Waals surface area contributed by atoms with Gasteiger partial charge in [-0.3, -0.25) is 9.89 Å². The number of nitrogens with one attached hydrogen (secondary N) is 2. The van der Waals surface area contributed by atoms with Gasteiger partial charge in [-0.2, -0.15) is 0 Å². The van der Waals surface area contributed by atoms with E-state index in [0.29, 0.717) is 19.2 Å². The summed E-state index contributed by atoms with van der Waals surface area (Å²) in [6.07, 6.45) is 4.60. The molecule has 1 saturated carbocycles. The average molecular weight is 508 g/mol. The molecule has 158 valence electrons. The van der Waals surface area contributed by atoms with Gasteiger partial charge in [-0.05, 0) is 49.3 Å². The molecule has 1 aromatic rings. The average Bonchev–Trinajstić information content (AvgIpc) is 3.49. The minimum absolute atomic E-state index is 0. The molecule has 2 aliphatic rings. The Labute approximate surface area is 183 Å². The van der Waals surface area contributed by atoms with Crippen molar-refractivity contribution in [1.29, 1.82) is 0 Å². The van der Waals surface area contributed by atoms with Crippen LogP contribution in [0.25, 0.3) is 0 Å². The Morgan fingerprint density at radius 3 is 2.57 bits per heavy atom. The lowest BCUT2D eigenvalue weighted by atomic mass is 10.0. The minimum atomic E-state index is -0.793. The lowest BCUT2D eigenvalue weighted by Crippen LogP contribution is -2.49. The third kappa shape index (κ3) is 7.79. The number of hydrogen-bond acceptors (Lipinski definition) is 3. The number of rotatable bonds is 8. The molecular weight excluding hydrogens is 477 g/mol. The van der Waals surface area contributed by atoms with E-state index in [2.05, 4.69) is 20.5 Å². The van der Waals surface area contributed by atoms with Gasteiger partial charge in [0.25, 0.3) is 0 Å². The predicted molar refractivity (Wildman–Crippen MR) is 118 cm³/mol. The molecule has 1 saturated heterocycles. The molecule has 0 aromatic heterocycles. The second-order valence-corrected chi connectivity index (χ2v) is 7.46. The molecule has 1 aliphatic carbocycles. The van der Waals surface area contributed by atoms with Gasteiger partial charge >= 0.3 is 0 Å². The van der Waals surface area contributed by atoms with Crippen molar-refractivity contribution in [3.05, 3.63) is 35.4 Å². The first kappa shape index (κ1) is 23.3. The molecule has 0 amide bonds. The fourth-order valence-electron chi connectivity index (χ4n) is 3.30. The van der Waals surface area contributed by atoms with Gasteiger partial charge < -0.3 is 15.4 Å². The zero-order chi connectivity index (χ0) is 19.1. The normalized spacial score (nSPS) is 18.6. The van der Waals surface area contributed by atoms with E-state index in [1.807, 2.05) is 0 Å². The van der Waals surface area contributed by atoms with E-state index >= 15 is 0 Å². The highest BCUT2D eigenvalue weighted by Crippen LogP contribution is 2.28. The Kier molecular flexibility index (Phi) is 9.87. The van der Waals surface area contributed by atoms with E-state index in [9.17, 15) is 8.78 Å². The Morgan fingerprint density at radius 2 is 1.93 bits per heavy atom. The van der Waals surface area contributed by atoms with Gasteiger partial charge in [-0.25, -0.2) is 8.78 Å². The molecule has 8 heteroatoms. The maximum Gasteiger partial charge on any atom is 0.191 e. The summed E-state index contributed by atoms with van der Waals surface area (Å²) in [7, 11) is 1.78. The molecule has 0 bridgehead atoms. The third-order valence-electron chi connectivity index (χ3n) is 5.13. The first-order valence-corrected chi connectivity index (χ1v) is 9.85. The Hall–Kier alpha value is -1.00. The summed E-state index contributed by atoms with van der Waals surface area (Å²) in [5.41, 5.74) is 0.809. The van der Waals surface area contributed by atoms with Crippen molar-refractivity contribution in [3.8, 4) is 0 Å². The van der Waals surface area contributed by atoms with Crippen LogP contribution < -0.4 is 10.6 Å². The summed E-state index contributed by atoms with van der Waals surface area (Å²) in [5, 5.41) is 6.76. The highest BCUT2D eigenvalue weighted by molar-refractivity contribution is 14.0. The van der Waals surface area contributed by atoms with Crippen LogP contribution in [0.3, 0.4) is 0 Å². The molecular formula is C20H31F2IN4O. The second kappa shape index (κ2) is 11.9. The van der Waals surface area contributed by atoms with Crippen LogP contribution in [0, 0.1) is 17.6 Å². The quantitative estimate of drug-likeness (QED) is 0.245. The Morgan fingerprint density at radius 1 is 1.18 bits per heavy atom. The fraction of sp³-hybridized carbons (Fsp3) is 0.650. The van der Waals surface area contributed by atoms with Crippen LogP contribution in [0.5, 0.6) is 0 Å². The van der Waals surface area contributed by atoms with Crippen LogP contribution in [0.4, 0.5) is 8.78 Å². The number of halogens is 3. The number of benzene rings is 1. The number of ether oxygens (including phenoxy) is 1. The third-order valence-corrected chi connectivity index (χ3v) is 5.13. The molecule has 0 atom stereocenters. The second-order valence-electron chi connectivity index (χ2n) is 7.46. The van der Waals surface area contributed by atoms with Gasteiger partial charge in [0.2, 0.25) is 0 Å². The topological polar surface area (TPSA) is 48.9 Å². The van der Waals surface area contributed by atoms with E-state index in [1.165, 1.54) is 25.0 Å². The van der Waals surface area contributed by atoms with Gasteiger partial charge in [0.05, 0.1) is 6.61 Å². The van der Waals surface area contributed by atoms with E-state index in [1.54, 1.807) is 13.1 Å². The zero-order valence-electron chi connectivity index (χ0n) is 16.4. The summed E-state index contributed by atoms with van der Waals surface area (Å²) in [5.74, 6) is 0.0293. The van der Waals surface area contributed by atoms with Crippen molar-refractivity contribution in [2.75, 3.05) is 39.9 Å². The Bertz CT molecular complexity index is 635. The van der Waals surface area contributed by atoms with E-state index < -0.39 is 11.6 Å². The summed E-state index contributed by atoms with van der Waals surface area (Å²) in [4.78, 5) is 6.55. The monoisotopic (exact) mass is 508 g/mol. The standard InChI is InChI=1S/C20H30F2N4O.HI/c1-23-20(24-8-11-27-14-15-2-3-15)25-17-6-9-26(10-7-17)13-16-4-5-18(21)19(22)12-16;/h4-5,12,15,17H,2-3,6-11,13-14H2,1H3,(H2,23,24,25);1H. The van der Waals surface area contributed by atoms with Crippen molar-refractivity contribution in [3.63, 3.8) is 0 Å². The zero-order valence-corrected chi connectivity index (χ0v) is 18.8. The molecule has 0 radical (unpaired) electrons. The highest BCUT2D eigenvalue weighted by atomic mass is 127. The van der Waals surface area contributed by atoms with Crippen LogP contribution in [0.2, 0.25) is 0 Å². The minimum Gasteiger partial charge on any atom is -0.379 e. The van der Waals surface area contributed by atoms with Crippen LogP contribution in [0.15, 0.2) is 23.2 Å². The molecule has 0 unspecified atom stereocenters. The van der Waals surface area contributed by atoms with Gasteiger partial charge in [0.15, 0.2) is 17.6 Å². The van der Waals surface area contributed by atoms with E-state index in [-0.39, 0.29) is 24.0 Å². The largest absolute Gasteiger partial charge is 0.379 e. The summed E-state index contributed by atoms with van der Waals surface area (Å²) in [6.45, 7) is 4.81. The van der Waals surface area contributed by atoms with Crippen molar-refractivity contribution >= 4 is 29.9 Å². The summed E-state index contributed by atoms with van der Waals surface area (Å²) >= 11 is 0. The molecule has 3 rings (SSSR count). The van der Waals surface area contributed by atoms with E-state index in [4.69, 9.17) is 4.74 Å². The number of likely N-dealkylation sites (tertiary alicyclic amines) is 1.